The van der Waals surface area contributed by atoms with Gasteiger partial charge in [-0.15, -0.1) is 23.7 Å². The molecule has 21 heavy (non-hydrogen) atoms. The van der Waals surface area contributed by atoms with Gasteiger partial charge in [0.1, 0.15) is 0 Å². The van der Waals surface area contributed by atoms with Crippen molar-refractivity contribution in [2.45, 2.75) is 57.5 Å². The summed E-state index contributed by atoms with van der Waals surface area (Å²) in [6, 6.07) is 2.73. The molecule has 3 nitrogen and oxygen atoms in total. The van der Waals surface area contributed by atoms with Crippen molar-refractivity contribution < 1.29 is 4.79 Å². The van der Waals surface area contributed by atoms with Gasteiger partial charge in [0.15, 0.2) is 0 Å². The molecule has 118 valence electrons. The lowest BCUT2D eigenvalue weighted by atomic mass is 9.94. The van der Waals surface area contributed by atoms with Crippen LogP contribution in [0.4, 0.5) is 0 Å². The number of carbonyl (C=O) groups excluding carboxylic acids is 1. The van der Waals surface area contributed by atoms with Crippen LogP contribution in [0, 0.1) is 5.92 Å². The standard InChI is InChI=1S/C16H24N2OS.ClH/c1-2-14-12-7-9-20-15(12)6-8-18(14)16(19)10-11-4-3-5-13(11)17;/h7,9,11,13-14H,2-6,8,10,17H2,1H3;1H/t11-,13+,14?;/m0./s1. The molecule has 1 saturated carbocycles. The van der Waals surface area contributed by atoms with Crippen molar-refractivity contribution >= 4 is 29.7 Å². The fourth-order valence-electron chi connectivity index (χ4n) is 3.80. The van der Waals surface area contributed by atoms with Crippen LogP contribution in [-0.2, 0) is 11.2 Å². The third-order valence-corrected chi connectivity index (χ3v) is 5.95. The minimum atomic E-state index is 0. The Morgan fingerprint density at radius 2 is 2.29 bits per heavy atom. The minimum Gasteiger partial charge on any atom is -0.335 e. The zero-order valence-corrected chi connectivity index (χ0v) is 14.2. The van der Waals surface area contributed by atoms with Gasteiger partial charge in [0.05, 0.1) is 6.04 Å². The summed E-state index contributed by atoms with van der Waals surface area (Å²) in [5.74, 6) is 0.722. The van der Waals surface area contributed by atoms with Gasteiger partial charge >= 0.3 is 0 Å². The number of fused-ring (bicyclic) bond motifs is 1. The SMILES string of the molecule is CCC1c2ccsc2CCN1C(=O)C[C@@H]1CCC[C@H]1N.Cl. The van der Waals surface area contributed by atoms with Crippen LogP contribution in [0.3, 0.4) is 0 Å². The van der Waals surface area contributed by atoms with E-state index in [2.05, 4.69) is 23.3 Å². The Hall–Kier alpha value is -0.580. The van der Waals surface area contributed by atoms with Crippen LogP contribution < -0.4 is 5.73 Å². The molecule has 1 unspecified atom stereocenters. The van der Waals surface area contributed by atoms with Crippen molar-refractivity contribution in [1.29, 1.82) is 0 Å². The van der Waals surface area contributed by atoms with E-state index in [0.29, 0.717) is 18.2 Å². The highest BCUT2D eigenvalue weighted by molar-refractivity contribution is 7.10. The fourth-order valence-corrected chi connectivity index (χ4v) is 4.72. The Morgan fingerprint density at radius 3 is 2.95 bits per heavy atom. The second-order valence-electron chi connectivity index (χ2n) is 6.12. The molecule has 2 N–H and O–H groups in total. The van der Waals surface area contributed by atoms with Gasteiger partial charge < -0.3 is 10.6 Å². The summed E-state index contributed by atoms with van der Waals surface area (Å²) in [7, 11) is 0. The van der Waals surface area contributed by atoms with Gasteiger partial charge in [-0.2, -0.15) is 0 Å². The van der Waals surface area contributed by atoms with Crippen molar-refractivity contribution in [3.8, 4) is 0 Å². The molecule has 1 aliphatic heterocycles. The van der Waals surface area contributed by atoms with Crippen LogP contribution in [0.1, 0.15) is 55.5 Å². The number of hydrogen-bond acceptors (Lipinski definition) is 3. The quantitative estimate of drug-likeness (QED) is 0.922. The van der Waals surface area contributed by atoms with Crippen molar-refractivity contribution in [1.82, 2.24) is 4.90 Å². The second-order valence-corrected chi connectivity index (χ2v) is 7.12. The van der Waals surface area contributed by atoms with Crippen molar-refractivity contribution in [3.05, 3.63) is 21.9 Å². The maximum atomic E-state index is 12.7. The predicted octanol–water partition coefficient (Wildman–Crippen LogP) is 3.52. The van der Waals surface area contributed by atoms with Crippen molar-refractivity contribution in [3.63, 3.8) is 0 Å². The average molecular weight is 329 g/mol. The highest BCUT2D eigenvalue weighted by atomic mass is 35.5. The summed E-state index contributed by atoms with van der Waals surface area (Å²) in [6.07, 6.45) is 6.07. The first kappa shape index (κ1) is 16.8. The van der Waals surface area contributed by atoms with E-state index in [0.717, 1.165) is 32.2 Å². The van der Waals surface area contributed by atoms with Crippen LogP contribution in [-0.4, -0.2) is 23.4 Å². The van der Waals surface area contributed by atoms with Gasteiger partial charge in [-0.3, -0.25) is 4.79 Å². The lowest BCUT2D eigenvalue weighted by Gasteiger charge is -2.36. The van der Waals surface area contributed by atoms with Gasteiger partial charge in [0.2, 0.25) is 5.91 Å². The molecule has 0 radical (unpaired) electrons. The first-order chi connectivity index (χ1) is 9.70. The summed E-state index contributed by atoms with van der Waals surface area (Å²) < 4.78 is 0. The molecule has 1 amide bonds. The lowest BCUT2D eigenvalue weighted by molar-refractivity contribution is -0.135. The van der Waals surface area contributed by atoms with Crippen molar-refractivity contribution in [2.24, 2.45) is 11.7 Å². The zero-order chi connectivity index (χ0) is 14.1. The first-order valence-electron chi connectivity index (χ1n) is 7.82. The smallest absolute Gasteiger partial charge is 0.223 e. The normalized spacial score (nSPS) is 28.1. The summed E-state index contributed by atoms with van der Waals surface area (Å²) in [5.41, 5.74) is 7.50. The first-order valence-corrected chi connectivity index (χ1v) is 8.70. The maximum Gasteiger partial charge on any atom is 0.223 e. The molecule has 3 atom stereocenters. The number of halogens is 1. The fraction of sp³-hybridized carbons (Fsp3) is 0.688. The Morgan fingerprint density at radius 1 is 1.48 bits per heavy atom. The van der Waals surface area contributed by atoms with E-state index >= 15 is 0 Å². The topological polar surface area (TPSA) is 46.3 Å². The maximum absolute atomic E-state index is 12.7. The van der Waals surface area contributed by atoms with Crippen LogP contribution in [0.25, 0.3) is 0 Å². The molecule has 3 rings (SSSR count). The largest absolute Gasteiger partial charge is 0.335 e. The summed E-state index contributed by atoms with van der Waals surface area (Å²) in [5, 5.41) is 2.16. The van der Waals surface area contributed by atoms with Gasteiger partial charge in [-0.25, -0.2) is 0 Å². The highest BCUT2D eigenvalue weighted by Gasteiger charge is 2.33. The number of nitrogens with two attached hydrogens (primary N) is 1. The molecule has 1 aliphatic carbocycles. The van der Waals surface area contributed by atoms with E-state index in [1.54, 1.807) is 0 Å². The van der Waals surface area contributed by atoms with Crippen LogP contribution in [0.15, 0.2) is 11.4 Å². The van der Waals surface area contributed by atoms with E-state index in [-0.39, 0.29) is 24.5 Å². The monoisotopic (exact) mass is 328 g/mol. The third kappa shape index (κ3) is 3.27. The number of rotatable bonds is 3. The van der Waals surface area contributed by atoms with Gasteiger partial charge in [-0.1, -0.05) is 13.3 Å². The molecule has 0 saturated heterocycles. The average Bonchev–Trinajstić information content (AvgIpc) is 3.07. The van der Waals surface area contributed by atoms with E-state index in [4.69, 9.17) is 5.73 Å². The van der Waals surface area contributed by atoms with Gasteiger partial charge in [0.25, 0.3) is 0 Å². The van der Waals surface area contributed by atoms with E-state index < -0.39 is 0 Å². The summed E-state index contributed by atoms with van der Waals surface area (Å²) in [6.45, 7) is 3.06. The summed E-state index contributed by atoms with van der Waals surface area (Å²) >= 11 is 1.83. The molecule has 1 aromatic rings. The molecule has 0 spiro atoms. The number of nitrogens with zero attached hydrogens (tertiary/aromatic N) is 1. The van der Waals surface area contributed by atoms with E-state index in [1.807, 2.05) is 11.3 Å². The minimum absolute atomic E-state index is 0. The van der Waals surface area contributed by atoms with Crippen LogP contribution in [0.5, 0.6) is 0 Å². The Labute approximate surface area is 137 Å². The predicted molar refractivity (Wildman–Crippen MR) is 89.9 cm³/mol. The summed E-state index contributed by atoms with van der Waals surface area (Å²) in [4.78, 5) is 16.3. The number of amides is 1. The number of carbonyl (C=O) groups is 1. The molecule has 2 heterocycles. The van der Waals surface area contributed by atoms with Crippen LogP contribution in [0.2, 0.25) is 0 Å². The van der Waals surface area contributed by atoms with Crippen LogP contribution >= 0.6 is 23.7 Å². The highest BCUT2D eigenvalue weighted by Crippen LogP contribution is 2.36. The number of hydrogen-bond donors (Lipinski definition) is 1. The van der Waals surface area contributed by atoms with Gasteiger partial charge in [0, 0.05) is 23.9 Å². The molecule has 2 aliphatic rings. The van der Waals surface area contributed by atoms with Crippen molar-refractivity contribution in [2.75, 3.05) is 6.54 Å². The van der Waals surface area contributed by atoms with E-state index in [1.165, 1.54) is 16.9 Å². The Balaban J connectivity index is 0.00000161. The zero-order valence-electron chi connectivity index (χ0n) is 12.6. The number of thiophene rings is 1. The third-order valence-electron chi connectivity index (χ3n) is 4.96. The Bertz CT molecular complexity index is 490. The molecule has 0 aromatic carbocycles. The molecule has 1 aromatic heterocycles. The molecular formula is C16H25ClN2OS. The Kier molecular flexibility index (Phi) is 5.69. The molecule has 0 bridgehead atoms. The van der Waals surface area contributed by atoms with E-state index in [9.17, 15) is 4.79 Å². The lowest BCUT2D eigenvalue weighted by Crippen LogP contribution is -2.41. The second kappa shape index (κ2) is 7.12. The molecule has 5 heteroatoms. The molecule has 1 fully saturated rings. The van der Waals surface area contributed by atoms with Gasteiger partial charge in [-0.05, 0) is 48.6 Å². The molecular weight excluding hydrogens is 304 g/mol.